The maximum atomic E-state index is 12.2. The van der Waals surface area contributed by atoms with Crippen LogP contribution >= 0.6 is 0 Å². The Hall–Kier alpha value is -1.44. The highest BCUT2D eigenvalue weighted by Gasteiger charge is 2.22. The first-order chi connectivity index (χ1) is 9.29. The minimum absolute atomic E-state index is 0.000402. The average Bonchev–Trinajstić information content (AvgIpc) is 2.35. The van der Waals surface area contributed by atoms with Crippen molar-refractivity contribution in [1.29, 1.82) is 0 Å². The molecule has 0 radical (unpaired) electrons. The molecule has 3 N–H and O–H groups in total. The minimum Gasteiger partial charge on any atom is -0.478 e. The van der Waals surface area contributed by atoms with Crippen molar-refractivity contribution in [1.82, 2.24) is 4.72 Å². The molecule has 112 valence electrons. The summed E-state index contributed by atoms with van der Waals surface area (Å²) in [5.74, 6) is -1.16. The minimum atomic E-state index is -3.77. The predicted octanol–water partition coefficient (Wildman–Crippen LogP) is 1.13. The van der Waals surface area contributed by atoms with E-state index in [1.807, 2.05) is 0 Å². The maximum Gasteiger partial charge on any atom is 0.335 e. The number of aromatic carboxylic acids is 1. The first-order valence-electron chi connectivity index (χ1n) is 6.25. The first-order valence-corrected chi connectivity index (χ1v) is 7.74. The van der Waals surface area contributed by atoms with Crippen LogP contribution < -0.4 is 4.72 Å². The van der Waals surface area contributed by atoms with Crippen LogP contribution in [0.3, 0.4) is 0 Å². The molecule has 6 nitrogen and oxygen atoms in total. The standard InChI is InChI=1S/C13H19NO5S/c1-9(5-4-8-15)14-20(18,19)12-7-3-6-11(10(12)2)13(16)17/h3,6-7,9,14-15H,4-5,8H2,1-2H3,(H,16,17). The fourth-order valence-electron chi connectivity index (χ4n) is 1.92. The van der Waals surface area contributed by atoms with Gasteiger partial charge >= 0.3 is 5.97 Å². The van der Waals surface area contributed by atoms with Crippen molar-refractivity contribution in [3.63, 3.8) is 0 Å². The van der Waals surface area contributed by atoms with Crippen LogP contribution in [0.25, 0.3) is 0 Å². The number of aliphatic hydroxyl groups excluding tert-OH is 1. The van der Waals surface area contributed by atoms with Gasteiger partial charge in [0.1, 0.15) is 0 Å². The van der Waals surface area contributed by atoms with Gasteiger partial charge in [0.15, 0.2) is 0 Å². The van der Waals surface area contributed by atoms with Gasteiger partial charge in [0.2, 0.25) is 10.0 Å². The van der Waals surface area contributed by atoms with Gasteiger partial charge < -0.3 is 10.2 Å². The zero-order valence-electron chi connectivity index (χ0n) is 11.5. The van der Waals surface area contributed by atoms with Crippen LogP contribution in [0.1, 0.15) is 35.7 Å². The van der Waals surface area contributed by atoms with Crippen LogP contribution in [-0.2, 0) is 10.0 Å². The predicted molar refractivity (Wildman–Crippen MR) is 74.2 cm³/mol. The Balaban J connectivity index is 3.04. The quantitative estimate of drug-likeness (QED) is 0.700. The van der Waals surface area contributed by atoms with Gasteiger partial charge in [0.05, 0.1) is 10.5 Å². The summed E-state index contributed by atoms with van der Waals surface area (Å²) in [5, 5.41) is 17.7. The molecule has 1 rings (SSSR count). The molecular formula is C13H19NO5S. The van der Waals surface area contributed by atoms with Crippen LogP contribution in [0, 0.1) is 6.92 Å². The monoisotopic (exact) mass is 301 g/mol. The highest BCUT2D eigenvalue weighted by molar-refractivity contribution is 7.89. The lowest BCUT2D eigenvalue weighted by atomic mass is 10.1. The normalized spacial score (nSPS) is 13.2. The van der Waals surface area contributed by atoms with Crippen molar-refractivity contribution in [2.75, 3.05) is 6.61 Å². The summed E-state index contributed by atoms with van der Waals surface area (Å²) in [6, 6.07) is 3.82. The molecular weight excluding hydrogens is 282 g/mol. The topological polar surface area (TPSA) is 104 Å². The van der Waals surface area contributed by atoms with Crippen molar-refractivity contribution in [3.8, 4) is 0 Å². The smallest absolute Gasteiger partial charge is 0.335 e. The summed E-state index contributed by atoms with van der Waals surface area (Å²) in [7, 11) is -3.77. The van der Waals surface area contributed by atoms with Gasteiger partial charge in [-0.15, -0.1) is 0 Å². The molecule has 0 amide bonds. The summed E-state index contributed by atoms with van der Waals surface area (Å²) in [6.07, 6.45) is 1.01. The Kier molecular flexibility index (Phi) is 5.67. The number of rotatable bonds is 7. The van der Waals surface area contributed by atoms with E-state index in [9.17, 15) is 13.2 Å². The van der Waals surface area contributed by atoms with Gasteiger partial charge in [-0.25, -0.2) is 17.9 Å². The van der Waals surface area contributed by atoms with Gasteiger partial charge in [-0.3, -0.25) is 0 Å². The van der Waals surface area contributed by atoms with Crippen LogP contribution in [0.2, 0.25) is 0 Å². The highest BCUT2D eigenvalue weighted by Crippen LogP contribution is 2.19. The number of carboxylic acid groups (broad SMARTS) is 1. The van der Waals surface area contributed by atoms with E-state index in [1.165, 1.54) is 25.1 Å². The number of carboxylic acids is 1. The van der Waals surface area contributed by atoms with Crippen LogP contribution in [0.5, 0.6) is 0 Å². The fraction of sp³-hybridized carbons (Fsp3) is 0.462. The number of nitrogens with one attached hydrogen (secondary N) is 1. The molecule has 1 atom stereocenters. The second-order valence-corrected chi connectivity index (χ2v) is 6.30. The number of sulfonamides is 1. The van der Waals surface area contributed by atoms with Gasteiger partial charge in [0.25, 0.3) is 0 Å². The Bertz CT molecular complexity index is 582. The highest BCUT2D eigenvalue weighted by atomic mass is 32.2. The van der Waals surface area contributed by atoms with Gasteiger partial charge in [0, 0.05) is 12.6 Å². The van der Waals surface area contributed by atoms with E-state index in [0.717, 1.165) is 0 Å². The van der Waals surface area contributed by atoms with E-state index in [2.05, 4.69) is 4.72 Å². The summed E-state index contributed by atoms with van der Waals surface area (Å²) in [6.45, 7) is 3.17. The first kappa shape index (κ1) is 16.6. The van der Waals surface area contributed by atoms with E-state index in [4.69, 9.17) is 10.2 Å². The van der Waals surface area contributed by atoms with Crippen molar-refractivity contribution >= 4 is 16.0 Å². The number of benzene rings is 1. The third-order valence-electron chi connectivity index (χ3n) is 2.96. The van der Waals surface area contributed by atoms with Crippen molar-refractivity contribution in [2.45, 2.75) is 37.6 Å². The molecule has 1 aromatic carbocycles. The summed E-state index contributed by atoms with van der Waals surface area (Å²) in [5.41, 5.74) is 0.178. The lowest BCUT2D eigenvalue weighted by Crippen LogP contribution is -2.33. The molecule has 0 aliphatic rings. The Labute approximate surface area is 118 Å². The molecule has 0 saturated carbocycles. The average molecular weight is 301 g/mol. The molecule has 1 unspecified atom stereocenters. The molecule has 20 heavy (non-hydrogen) atoms. The Morgan fingerprint density at radius 2 is 2.05 bits per heavy atom. The number of hydrogen-bond donors (Lipinski definition) is 3. The van der Waals surface area contributed by atoms with E-state index >= 15 is 0 Å². The second-order valence-electron chi connectivity index (χ2n) is 4.62. The Morgan fingerprint density at radius 3 is 2.60 bits per heavy atom. The fourth-order valence-corrected chi connectivity index (χ4v) is 3.47. The van der Waals surface area contributed by atoms with Gasteiger partial charge in [-0.05, 0) is 44.4 Å². The van der Waals surface area contributed by atoms with Crippen LogP contribution in [-0.4, -0.2) is 37.2 Å². The number of carbonyl (C=O) groups is 1. The molecule has 7 heteroatoms. The summed E-state index contributed by atoms with van der Waals surface area (Å²) < 4.78 is 27.0. The molecule has 0 bridgehead atoms. The van der Waals surface area contributed by atoms with Gasteiger partial charge in [-0.2, -0.15) is 0 Å². The van der Waals surface area contributed by atoms with E-state index in [0.29, 0.717) is 12.8 Å². The molecule has 0 aliphatic carbocycles. The lowest BCUT2D eigenvalue weighted by molar-refractivity contribution is 0.0696. The Morgan fingerprint density at radius 1 is 1.40 bits per heavy atom. The van der Waals surface area contributed by atoms with Crippen LogP contribution in [0.4, 0.5) is 0 Å². The third-order valence-corrected chi connectivity index (χ3v) is 4.69. The van der Waals surface area contributed by atoms with Crippen molar-refractivity contribution in [3.05, 3.63) is 29.3 Å². The summed E-state index contributed by atoms with van der Waals surface area (Å²) in [4.78, 5) is 11.0. The zero-order chi connectivity index (χ0) is 15.3. The second kappa shape index (κ2) is 6.83. The number of aliphatic hydroxyl groups is 1. The van der Waals surface area contributed by atoms with E-state index in [1.54, 1.807) is 6.92 Å². The SMILES string of the molecule is Cc1c(C(=O)O)cccc1S(=O)(=O)NC(C)CCCO. The zero-order valence-corrected chi connectivity index (χ0v) is 12.3. The number of hydrogen-bond acceptors (Lipinski definition) is 4. The molecule has 0 saturated heterocycles. The molecule has 0 heterocycles. The molecule has 1 aromatic rings. The van der Waals surface area contributed by atoms with Crippen molar-refractivity contribution < 1.29 is 23.4 Å². The molecule has 0 spiro atoms. The van der Waals surface area contributed by atoms with Crippen LogP contribution in [0.15, 0.2) is 23.1 Å². The van der Waals surface area contributed by atoms with Crippen molar-refractivity contribution in [2.24, 2.45) is 0 Å². The van der Waals surface area contributed by atoms with E-state index in [-0.39, 0.29) is 28.7 Å². The largest absolute Gasteiger partial charge is 0.478 e. The summed E-state index contributed by atoms with van der Waals surface area (Å²) >= 11 is 0. The maximum absolute atomic E-state index is 12.2. The van der Waals surface area contributed by atoms with Gasteiger partial charge in [-0.1, -0.05) is 6.07 Å². The molecule has 0 fully saturated rings. The van der Waals surface area contributed by atoms with E-state index < -0.39 is 16.0 Å². The third kappa shape index (κ3) is 4.03. The lowest BCUT2D eigenvalue weighted by Gasteiger charge is -2.15. The molecule has 0 aliphatic heterocycles. The molecule has 0 aromatic heterocycles.